The van der Waals surface area contributed by atoms with Gasteiger partial charge in [0.2, 0.25) is 0 Å². The maximum Gasteiger partial charge on any atom is 0.310 e. The zero-order valence-corrected chi connectivity index (χ0v) is 11.3. The second-order valence-electron chi connectivity index (χ2n) is 5.80. The van der Waals surface area contributed by atoms with E-state index in [1.807, 2.05) is 26.8 Å². The maximum absolute atomic E-state index is 11.9. The van der Waals surface area contributed by atoms with Crippen LogP contribution in [0.1, 0.15) is 34.6 Å². The third kappa shape index (κ3) is 2.90. The standard InChI is InChI=1S/C13H19ClO2/c1-12(2,3)16-11(15)10-9(7-6-8-14)13(10,4)5/h7-10H,1-5H3/t6?,9-,10+/m1/s1. The molecule has 0 N–H and O–H groups in total. The molecule has 0 aromatic rings. The molecule has 0 aromatic heterocycles. The van der Waals surface area contributed by atoms with Crippen LogP contribution in [0.5, 0.6) is 0 Å². The zero-order valence-electron chi connectivity index (χ0n) is 10.5. The summed E-state index contributed by atoms with van der Waals surface area (Å²) < 4.78 is 5.38. The molecule has 1 fully saturated rings. The molecule has 1 rings (SSSR count). The monoisotopic (exact) mass is 242 g/mol. The van der Waals surface area contributed by atoms with Gasteiger partial charge in [-0.3, -0.25) is 4.79 Å². The van der Waals surface area contributed by atoms with Crippen LogP contribution in [0.25, 0.3) is 0 Å². The van der Waals surface area contributed by atoms with E-state index in [0.717, 1.165) is 0 Å². The van der Waals surface area contributed by atoms with E-state index in [1.165, 1.54) is 5.54 Å². The minimum absolute atomic E-state index is 0.0464. The smallest absolute Gasteiger partial charge is 0.310 e. The lowest BCUT2D eigenvalue weighted by molar-refractivity contribution is -0.157. The number of halogens is 1. The predicted molar refractivity (Wildman–Crippen MR) is 65.1 cm³/mol. The first-order valence-electron chi connectivity index (χ1n) is 5.44. The van der Waals surface area contributed by atoms with Crippen LogP contribution in [-0.2, 0) is 9.53 Å². The van der Waals surface area contributed by atoms with Gasteiger partial charge in [0.15, 0.2) is 0 Å². The summed E-state index contributed by atoms with van der Waals surface area (Å²) in [5.41, 5.74) is 3.68. The average molecular weight is 243 g/mol. The van der Waals surface area contributed by atoms with Gasteiger partial charge in [0.25, 0.3) is 0 Å². The Morgan fingerprint density at radius 3 is 2.44 bits per heavy atom. The van der Waals surface area contributed by atoms with Gasteiger partial charge in [0.1, 0.15) is 5.60 Å². The van der Waals surface area contributed by atoms with Gasteiger partial charge in [0.05, 0.1) is 5.92 Å². The first-order chi connectivity index (χ1) is 7.20. The molecule has 0 saturated heterocycles. The number of carbonyl (C=O) groups excluding carboxylic acids is 1. The molecule has 90 valence electrons. The van der Waals surface area contributed by atoms with Crippen LogP contribution >= 0.6 is 11.6 Å². The van der Waals surface area contributed by atoms with Gasteiger partial charge < -0.3 is 4.74 Å². The molecule has 0 heterocycles. The van der Waals surface area contributed by atoms with Crippen LogP contribution in [0.15, 0.2) is 17.3 Å². The number of allylic oxidation sites excluding steroid dienone is 1. The summed E-state index contributed by atoms with van der Waals surface area (Å²) in [5.74, 6) is -0.0247. The Bertz CT molecular complexity index is 343. The largest absolute Gasteiger partial charge is 0.460 e. The van der Waals surface area contributed by atoms with Crippen molar-refractivity contribution in [3.05, 3.63) is 17.3 Å². The second kappa shape index (κ2) is 4.27. The fourth-order valence-corrected chi connectivity index (χ4v) is 2.02. The van der Waals surface area contributed by atoms with Crippen LogP contribution in [0.3, 0.4) is 0 Å². The zero-order chi connectivity index (χ0) is 12.6. The van der Waals surface area contributed by atoms with Crippen molar-refractivity contribution in [3.8, 4) is 0 Å². The summed E-state index contributed by atoms with van der Waals surface area (Å²) in [6, 6.07) is 0. The van der Waals surface area contributed by atoms with Crippen LogP contribution < -0.4 is 0 Å². The molecule has 0 spiro atoms. The number of esters is 1. The number of hydrogen-bond donors (Lipinski definition) is 0. The third-order valence-corrected chi connectivity index (χ3v) is 3.04. The van der Waals surface area contributed by atoms with E-state index in [2.05, 4.69) is 19.6 Å². The molecular weight excluding hydrogens is 224 g/mol. The van der Waals surface area contributed by atoms with Gasteiger partial charge in [-0.2, -0.15) is 0 Å². The Hall–Kier alpha value is -0.720. The minimum atomic E-state index is -0.424. The lowest BCUT2D eigenvalue weighted by atomic mass is 10.1. The Morgan fingerprint density at radius 2 is 2.00 bits per heavy atom. The van der Waals surface area contributed by atoms with Gasteiger partial charge in [-0.25, -0.2) is 0 Å². The van der Waals surface area contributed by atoms with Gasteiger partial charge in [0, 0.05) is 11.5 Å². The average Bonchev–Trinajstić information content (AvgIpc) is 2.61. The molecule has 16 heavy (non-hydrogen) atoms. The molecule has 0 amide bonds. The molecule has 1 aliphatic rings. The van der Waals surface area contributed by atoms with Crippen molar-refractivity contribution in [2.24, 2.45) is 17.3 Å². The molecule has 0 aromatic carbocycles. The first-order valence-corrected chi connectivity index (χ1v) is 5.88. The SMILES string of the molecule is CC(C)(C)OC(=O)[C@@H]1[C@@H](C=C=CCl)C1(C)C. The molecule has 0 bridgehead atoms. The molecule has 1 saturated carbocycles. The van der Waals surface area contributed by atoms with Crippen molar-refractivity contribution in [1.29, 1.82) is 0 Å². The summed E-state index contributed by atoms with van der Waals surface area (Å²) in [4.78, 5) is 11.9. The van der Waals surface area contributed by atoms with Crippen LogP contribution in [-0.4, -0.2) is 11.6 Å². The summed E-state index contributed by atoms with van der Waals surface area (Å²) in [6.45, 7) is 9.74. The fraction of sp³-hybridized carbons (Fsp3) is 0.692. The third-order valence-electron chi connectivity index (χ3n) is 2.91. The number of rotatable bonds is 2. The van der Waals surface area contributed by atoms with Crippen molar-refractivity contribution < 1.29 is 9.53 Å². The van der Waals surface area contributed by atoms with Gasteiger partial charge in [-0.05, 0) is 32.3 Å². The van der Waals surface area contributed by atoms with Crippen molar-refractivity contribution in [3.63, 3.8) is 0 Å². The van der Waals surface area contributed by atoms with E-state index in [9.17, 15) is 4.79 Å². The van der Waals surface area contributed by atoms with E-state index in [1.54, 1.807) is 0 Å². The van der Waals surface area contributed by atoms with Gasteiger partial charge >= 0.3 is 5.97 Å². The molecule has 2 atom stereocenters. The van der Waals surface area contributed by atoms with Crippen molar-refractivity contribution >= 4 is 17.6 Å². The summed E-state index contributed by atoms with van der Waals surface area (Å²) in [6.07, 6.45) is 1.85. The normalized spacial score (nSPS) is 26.6. The number of ether oxygens (including phenoxy) is 1. The van der Waals surface area contributed by atoms with E-state index in [-0.39, 0.29) is 23.2 Å². The van der Waals surface area contributed by atoms with Crippen molar-refractivity contribution in [2.75, 3.05) is 0 Å². The number of carbonyl (C=O) groups is 1. The lowest BCUT2D eigenvalue weighted by Crippen LogP contribution is -2.26. The van der Waals surface area contributed by atoms with Crippen LogP contribution in [0.4, 0.5) is 0 Å². The highest BCUT2D eigenvalue weighted by molar-refractivity contribution is 6.25. The topological polar surface area (TPSA) is 26.3 Å². The van der Waals surface area contributed by atoms with Crippen molar-refractivity contribution in [2.45, 2.75) is 40.2 Å². The van der Waals surface area contributed by atoms with Gasteiger partial charge in [-0.15, -0.1) is 5.73 Å². The molecular formula is C13H19ClO2. The maximum atomic E-state index is 11.9. The quantitative estimate of drug-likeness (QED) is 0.547. The Morgan fingerprint density at radius 1 is 1.44 bits per heavy atom. The minimum Gasteiger partial charge on any atom is -0.460 e. The highest BCUT2D eigenvalue weighted by Crippen LogP contribution is 2.59. The highest BCUT2D eigenvalue weighted by atomic mass is 35.5. The van der Waals surface area contributed by atoms with Crippen LogP contribution in [0, 0.1) is 17.3 Å². The van der Waals surface area contributed by atoms with Crippen LogP contribution in [0.2, 0.25) is 0 Å². The van der Waals surface area contributed by atoms with E-state index < -0.39 is 5.60 Å². The lowest BCUT2D eigenvalue weighted by Gasteiger charge is -2.19. The molecule has 0 aliphatic heterocycles. The molecule has 3 heteroatoms. The highest BCUT2D eigenvalue weighted by Gasteiger charge is 2.61. The number of hydrogen-bond acceptors (Lipinski definition) is 2. The predicted octanol–water partition coefficient (Wildman–Crippen LogP) is 3.51. The van der Waals surface area contributed by atoms with Gasteiger partial charge in [-0.1, -0.05) is 25.4 Å². The fourth-order valence-electron chi connectivity index (χ4n) is 1.94. The van der Waals surface area contributed by atoms with E-state index in [0.29, 0.717) is 0 Å². The molecule has 0 unspecified atom stereocenters. The Kier molecular flexibility index (Phi) is 3.56. The summed E-state index contributed by atoms with van der Waals surface area (Å²) in [7, 11) is 0. The van der Waals surface area contributed by atoms with E-state index in [4.69, 9.17) is 16.3 Å². The summed E-state index contributed by atoms with van der Waals surface area (Å²) >= 11 is 5.42. The molecule has 2 nitrogen and oxygen atoms in total. The summed E-state index contributed by atoms with van der Waals surface area (Å²) in [5, 5.41) is 0. The molecule has 1 aliphatic carbocycles. The Labute approximate surface area is 102 Å². The molecule has 0 radical (unpaired) electrons. The van der Waals surface area contributed by atoms with E-state index >= 15 is 0 Å². The second-order valence-corrected chi connectivity index (χ2v) is 6.02. The first kappa shape index (κ1) is 13.3. The Balaban J connectivity index is 2.70. The van der Waals surface area contributed by atoms with Crippen molar-refractivity contribution in [1.82, 2.24) is 0 Å².